The molecule has 0 unspecified atom stereocenters. The molecule has 4 aromatic rings. The number of ether oxygens (including phenoxy) is 1. The number of alkyl halides is 3. The molecule has 2 heterocycles. The van der Waals surface area contributed by atoms with Crippen LogP contribution >= 0.6 is 25.2 Å². The average molecular weight is 866 g/mol. The number of Topliss-reactive ketones (excluding diaryl/α,β-unsaturated/α-hetero) is 2. The Morgan fingerprint density at radius 1 is 0.774 bits per heavy atom. The standard InChI is InChI=1S/C19H21N3O.C14H10ClF3N2O2.C5H8N.BrH.Zn/c1-15-6-5-7-16(12-15)13-19(23)14-18-10-9-17(21-22-18)8-3-2-4-11-20;15-13-5-4-10(19-20-13)8-11(21)6-9-2-1-3-12(7-9)22-14(16,17)18;1-2-3-4-5-6;;/h5-7,9-10,12H,2-4,8,13-14H2,1H3;1-5,7H,6,8H2;1-4H2;1H;/q;;-1;;+2/p-1. The quantitative estimate of drug-likeness (QED) is 0.0650. The second-order valence-electron chi connectivity index (χ2n) is 11.3. The molecule has 15 heteroatoms. The molecule has 276 valence electrons. The topological polar surface area (TPSA) is 143 Å². The van der Waals surface area contributed by atoms with E-state index in [9.17, 15) is 22.8 Å². The summed E-state index contributed by atoms with van der Waals surface area (Å²) in [5.41, 5.74) is 4.69. The van der Waals surface area contributed by atoms with Crippen molar-refractivity contribution in [2.45, 2.75) is 83.9 Å². The van der Waals surface area contributed by atoms with E-state index in [0.29, 0.717) is 42.6 Å². The number of carbonyl (C=O) groups excluding carboxylic acids is 2. The van der Waals surface area contributed by atoms with Crippen LogP contribution in [0.15, 0.2) is 72.8 Å². The number of benzene rings is 2. The van der Waals surface area contributed by atoms with Crippen LogP contribution in [0.4, 0.5) is 13.2 Å². The number of nitrogens with zero attached hydrogens (tertiary/aromatic N) is 6. The van der Waals surface area contributed by atoms with Crippen molar-refractivity contribution >= 4 is 36.8 Å². The van der Waals surface area contributed by atoms with Crippen molar-refractivity contribution in [3.05, 3.63) is 119 Å². The molecule has 0 amide bonds. The zero-order chi connectivity index (χ0) is 39.5. The van der Waals surface area contributed by atoms with Crippen LogP contribution in [0.2, 0.25) is 5.15 Å². The van der Waals surface area contributed by atoms with Crippen molar-refractivity contribution in [2.24, 2.45) is 0 Å². The first-order valence-corrected chi connectivity index (χ1v) is 23.8. The fraction of sp³-hybridized carbons (Fsp3) is 0.342. The van der Waals surface area contributed by atoms with Crippen molar-refractivity contribution in [1.82, 2.24) is 20.4 Å². The Labute approximate surface area is 330 Å². The molecule has 0 aliphatic carbocycles. The molecule has 0 N–H and O–H groups in total. The minimum absolute atomic E-state index is 0.0223. The van der Waals surface area contributed by atoms with Crippen LogP contribution in [-0.2, 0) is 58.0 Å². The molecule has 0 aliphatic rings. The molecule has 53 heavy (non-hydrogen) atoms. The Morgan fingerprint density at radius 3 is 1.79 bits per heavy atom. The van der Waals surface area contributed by atoms with Crippen LogP contribution in [0.5, 0.6) is 5.75 Å². The third-order valence-electron chi connectivity index (χ3n) is 6.75. The number of aromatic nitrogens is 4. The molecule has 0 spiro atoms. The molecule has 0 aliphatic heterocycles. The first kappa shape index (κ1) is 46.9. The van der Waals surface area contributed by atoms with Crippen molar-refractivity contribution in [2.75, 3.05) is 0 Å². The fourth-order valence-corrected chi connectivity index (χ4v) is 4.53. The van der Waals surface area contributed by atoms with E-state index in [0.717, 1.165) is 48.9 Å². The number of rotatable bonds is 15. The number of unbranched alkanes of at least 4 members (excludes halogenated alkanes) is 4. The van der Waals surface area contributed by atoms with Crippen LogP contribution in [0.1, 0.15) is 72.3 Å². The normalized spacial score (nSPS) is 10.1. The molecule has 0 atom stereocenters. The second kappa shape index (κ2) is 27.5. The number of ketones is 2. The van der Waals surface area contributed by atoms with E-state index in [1.807, 2.05) is 49.4 Å². The fourth-order valence-electron chi connectivity index (χ4n) is 4.43. The van der Waals surface area contributed by atoms with E-state index in [1.165, 1.54) is 40.6 Å². The van der Waals surface area contributed by atoms with Gasteiger partial charge in [0.2, 0.25) is 0 Å². The average Bonchev–Trinajstić information content (AvgIpc) is 3.12. The summed E-state index contributed by atoms with van der Waals surface area (Å²) in [6.07, 6.45) is 1.69. The molecular formula is C38H39BrClF3N6O3Zn. The van der Waals surface area contributed by atoms with Crippen molar-refractivity contribution in [3.63, 3.8) is 0 Å². The minimum atomic E-state index is -4.76. The molecule has 9 nitrogen and oxygen atoms in total. The molecule has 2 aromatic heterocycles. The Kier molecular flexibility index (Phi) is 24.3. The van der Waals surface area contributed by atoms with E-state index in [2.05, 4.69) is 51.7 Å². The zero-order valence-corrected chi connectivity index (χ0v) is 34.7. The summed E-state index contributed by atoms with van der Waals surface area (Å²) in [7, 11) is 0. The number of halogens is 5. The van der Waals surface area contributed by atoms with Gasteiger partial charge in [-0.3, -0.25) is 9.59 Å². The Bertz CT molecular complexity index is 1750. The zero-order valence-electron chi connectivity index (χ0n) is 29.4. The van der Waals surface area contributed by atoms with Gasteiger partial charge in [0, 0.05) is 25.7 Å². The first-order valence-electron chi connectivity index (χ1n) is 16.4. The summed E-state index contributed by atoms with van der Waals surface area (Å²) in [6.45, 7) is 5.59. The van der Waals surface area contributed by atoms with E-state index in [1.54, 1.807) is 12.1 Å². The van der Waals surface area contributed by atoms with Gasteiger partial charge in [-0.1, -0.05) is 60.0 Å². The van der Waals surface area contributed by atoms with Gasteiger partial charge >= 0.3 is 36.3 Å². The monoisotopic (exact) mass is 862 g/mol. The summed E-state index contributed by atoms with van der Waals surface area (Å²) in [5.74, 6) is -0.420. The van der Waals surface area contributed by atoms with Gasteiger partial charge in [-0.25, -0.2) is 0 Å². The SMILES string of the molecule is Cc1cccc(CC(=O)Cc2ccc(CCCCC#N)nn2)c1.O=C(Cc1cccc(OC(F)(F)F)c1)Cc1ccc(Cl)nn1.[CH2-]CCCC#N.[Zn+][Br]. The van der Waals surface area contributed by atoms with Gasteiger partial charge in [0.15, 0.2) is 5.15 Å². The van der Waals surface area contributed by atoms with Gasteiger partial charge < -0.3 is 11.7 Å². The second-order valence-corrected chi connectivity index (χ2v) is 11.7. The summed E-state index contributed by atoms with van der Waals surface area (Å²) >= 11 is 9.83. The van der Waals surface area contributed by atoms with Gasteiger partial charge in [0.05, 0.1) is 42.1 Å². The van der Waals surface area contributed by atoms with E-state index < -0.39 is 6.36 Å². The summed E-state index contributed by atoms with van der Waals surface area (Å²) in [5, 5.41) is 32.3. The first-order chi connectivity index (χ1) is 25.4. The van der Waals surface area contributed by atoms with E-state index in [-0.39, 0.29) is 35.3 Å². The van der Waals surface area contributed by atoms with Gasteiger partial charge in [-0.15, -0.1) is 18.3 Å². The maximum atomic E-state index is 12.1. The van der Waals surface area contributed by atoms with Gasteiger partial charge in [-0.05, 0) is 73.7 Å². The number of carbonyl (C=O) groups is 2. The van der Waals surface area contributed by atoms with Crippen LogP contribution < -0.4 is 4.74 Å². The molecule has 4 rings (SSSR count). The van der Waals surface area contributed by atoms with Crippen molar-refractivity contribution < 1.29 is 43.8 Å². The molecule has 0 saturated heterocycles. The Morgan fingerprint density at radius 2 is 1.30 bits per heavy atom. The maximum absolute atomic E-state index is 12.1. The van der Waals surface area contributed by atoms with E-state index >= 15 is 0 Å². The predicted octanol–water partition coefficient (Wildman–Crippen LogP) is 9.12. The summed E-state index contributed by atoms with van der Waals surface area (Å²) in [4.78, 5) is 24.0. The van der Waals surface area contributed by atoms with E-state index in [4.69, 9.17) is 22.1 Å². The van der Waals surface area contributed by atoms with Crippen LogP contribution in [-0.4, -0.2) is 38.3 Å². The van der Waals surface area contributed by atoms with Gasteiger partial charge in [0.25, 0.3) is 0 Å². The number of nitriles is 2. The van der Waals surface area contributed by atoms with Gasteiger partial charge in [0.1, 0.15) is 17.3 Å². The molecular weight excluding hydrogens is 826 g/mol. The summed E-state index contributed by atoms with van der Waals surface area (Å²) < 4.78 is 40.2. The summed E-state index contributed by atoms with van der Waals surface area (Å²) in [6, 6.07) is 24.3. The molecule has 0 radical (unpaired) electrons. The third-order valence-corrected chi connectivity index (χ3v) is 6.95. The molecule has 0 saturated carbocycles. The van der Waals surface area contributed by atoms with Crippen LogP contribution in [0.25, 0.3) is 0 Å². The third kappa shape index (κ3) is 23.2. The van der Waals surface area contributed by atoms with Crippen LogP contribution in [0.3, 0.4) is 0 Å². The van der Waals surface area contributed by atoms with Crippen molar-refractivity contribution in [1.29, 1.82) is 10.5 Å². The Balaban J connectivity index is 0.000000442. The number of hydrogen-bond donors (Lipinski definition) is 0. The van der Waals surface area contributed by atoms with Crippen molar-refractivity contribution in [3.8, 4) is 17.9 Å². The van der Waals surface area contributed by atoms with Crippen LogP contribution in [0, 0.1) is 36.5 Å². The predicted molar refractivity (Wildman–Crippen MR) is 195 cm³/mol. The molecule has 0 bridgehead atoms. The number of aryl methyl sites for hydroxylation is 2. The number of hydrogen-bond acceptors (Lipinski definition) is 9. The Hall–Kier alpha value is -4.10. The molecule has 0 fully saturated rings. The molecule has 2 aromatic carbocycles. The van der Waals surface area contributed by atoms with Gasteiger partial charge in [-0.2, -0.15) is 32.2 Å².